The van der Waals surface area contributed by atoms with E-state index in [1.54, 1.807) is 0 Å². The van der Waals surface area contributed by atoms with Crippen LogP contribution in [0.3, 0.4) is 0 Å². The first-order valence-corrected chi connectivity index (χ1v) is 8.82. The third kappa shape index (κ3) is 3.68. The topological polar surface area (TPSA) is 41.5 Å². The number of thioether (sulfide) groups is 1. The molecular formula is C17H12BrClN2OS. The highest BCUT2D eigenvalue weighted by Crippen LogP contribution is 2.32. The zero-order valence-electron chi connectivity index (χ0n) is 12.1. The minimum atomic E-state index is -0.149. The van der Waals surface area contributed by atoms with Crippen LogP contribution < -0.4 is 5.32 Å². The molecule has 3 nitrogen and oxygen atoms in total. The molecule has 0 spiro atoms. The number of amides is 1. The Morgan fingerprint density at radius 3 is 2.78 bits per heavy atom. The molecule has 2 aromatic carbocycles. The molecule has 1 amide bonds. The van der Waals surface area contributed by atoms with Gasteiger partial charge in [0.2, 0.25) is 0 Å². The lowest BCUT2D eigenvalue weighted by molar-refractivity contribution is -0.115. The molecule has 116 valence electrons. The van der Waals surface area contributed by atoms with Crippen LogP contribution in [0, 0.1) is 6.92 Å². The van der Waals surface area contributed by atoms with Crippen molar-refractivity contribution in [2.75, 3.05) is 0 Å². The van der Waals surface area contributed by atoms with Crippen molar-refractivity contribution in [1.29, 1.82) is 0 Å². The Balaban J connectivity index is 1.89. The number of aliphatic imine (C=N–C) groups is 1. The maximum Gasteiger partial charge on any atom is 0.264 e. The van der Waals surface area contributed by atoms with Crippen molar-refractivity contribution in [1.82, 2.24) is 5.32 Å². The van der Waals surface area contributed by atoms with Crippen molar-refractivity contribution in [2.24, 2.45) is 4.99 Å². The molecule has 0 aromatic heterocycles. The summed E-state index contributed by atoms with van der Waals surface area (Å²) in [6.07, 6.45) is 1.84. The average molecular weight is 408 g/mol. The molecule has 0 radical (unpaired) electrons. The van der Waals surface area contributed by atoms with Gasteiger partial charge in [-0.05, 0) is 54.1 Å². The molecule has 0 atom stereocenters. The zero-order chi connectivity index (χ0) is 16.4. The highest BCUT2D eigenvalue weighted by Gasteiger charge is 2.24. The lowest BCUT2D eigenvalue weighted by Crippen LogP contribution is -2.19. The van der Waals surface area contributed by atoms with E-state index in [2.05, 4.69) is 26.2 Å². The van der Waals surface area contributed by atoms with Gasteiger partial charge < -0.3 is 5.32 Å². The first kappa shape index (κ1) is 16.3. The monoisotopic (exact) mass is 406 g/mol. The van der Waals surface area contributed by atoms with Crippen LogP contribution in [-0.4, -0.2) is 11.1 Å². The Morgan fingerprint density at radius 1 is 1.22 bits per heavy atom. The highest BCUT2D eigenvalue weighted by atomic mass is 79.9. The van der Waals surface area contributed by atoms with Gasteiger partial charge in [0.05, 0.1) is 10.6 Å². The smallest absolute Gasteiger partial charge is 0.264 e. The summed E-state index contributed by atoms with van der Waals surface area (Å²) in [5, 5.41) is 4.00. The predicted molar refractivity (Wildman–Crippen MR) is 101 cm³/mol. The van der Waals surface area contributed by atoms with Crippen molar-refractivity contribution in [3.63, 3.8) is 0 Å². The minimum absolute atomic E-state index is 0.149. The second-order valence-corrected chi connectivity index (χ2v) is 7.18. The number of carbonyl (C=O) groups is 1. The normalized spacial score (nSPS) is 17.8. The van der Waals surface area contributed by atoms with Crippen LogP contribution in [0.25, 0.3) is 6.08 Å². The van der Waals surface area contributed by atoms with E-state index in [1.165, 1.54) is 11.8 Å². The number of hydrogen-bond acceptors (Lipinski definition) is 3. The van der Waals surface area contributed by atoms with E-state index in [1.807, 2.05) is 55.5 Å². The molecule has 1 aliphatic heterocycles. The Labute approximate surface area is 152 Å². The molecule has 1 saturated heterocycles. The van der Waals surface area contributed by atoms with Gasteiger partial charge >= 0.3 is 0 Å². The molecular weight excluding hydrogens is 396 g/mol. The zero-order valence-corrected chi connectivity index (χ0v) is 15.3. The summed E-state index contributed by atoms with van der Waals surface area (Å²) in [5.41, 5.74) is 2.59. The molecule has 2 aromatic rings. The van der Waals surface area contributed by atoms with Crippen LogP contribution in [0.2, 0.25) is 5.02 Å². The van der Waals surface area contributed by atoms with Crippen molar-refractivity contribution < 1.29 is 4.79 Å². The molecule has 0 unspecified atom stereocenters. The first-order chi connectivity index (χ1) is 11.0. The first-order valence-electron chi connectivity index (χ1n) is 6.84. The molecule has 23 heavy (non-hydrogen) atoms. The van der Waals surface area contributed by atoms with Crippen LogP contribution in [0.4, 0.5) is 5.69 Å². The van der Waals surface area contributed by atoms with Gasteiger partial charge in [0.1, 0.15) is 0 Å². The average Bonchev–Trinajstić information content (AvgIpc) is 2.86. The summed E-state index contributed by atoms with van der Waals surface area (Å²) in [6.45, 7) is 1.90. The van der Waals surface area contributed by atoms with Crippen LogP contribution in [0.1, 0.15) is 11.1 Å². The molecule has 1 heterocycles. The van der Waals surface area contributed by atoms with Crippen molar-refractivity contribution in [3.05, 3.63) is 68.0 Å². The van der Waals surface area contributed by atoms with Gasteiger partial charge in [-0.1, -0.05) is 51.8 Å². The van der Waals surface area contributed by atoms with Gasteiger partial charge in [-0.2, -0.15) is 0 Å². The Bertz CT molecular complexity index is 848. The summed E-state index contributed by atoms with van der Waals surface area (Å²) in [6, 6.07) is 13.3. The maximum absolute atomic E-state index is 12.1. The van der Waals surface area contributed by atoms with Crippen LogP contribution in [-0.2, 0) is 4.79 Å². The van der Waals surface area contributed by atoms with E-state index in [-0.39, 0.29) is 5.91 Å². The van der Waals surface area contributed by atoms with E-state index in [9.17, 15) is 4.79 Å². The van der Waals surface area contributed by atoms with E-state index < -0.39 is 0 Å². The van der Waals surface area contributed by atoms with E-state index in [0.717, 1.165) is 21.3 Å². The van der Waals surface area contributed by atoms with Crippen molar-refractivity contribution in [2.45, 2.75) is 6.92 Å². The van der Waals surface area contributed by atoms with E-state index in [4.69, 9.17) is 11.6 Å². The van der Waals surface area contributed by atoms with Crippen molar-refractivity contribution in [3.8, 4) is 0 Å². The third-order valence-electron chi connectivity index (χ3n) is 3.30. The molecule has 3 rings (SSSR count). The van der Waals surface area contributed by atoms with Crippen LogP contribution in [0.5, 0.6) is 0 Å². The number of rotatable bonds is 2. The highest BCUT2D eigenvalue weighted by molar-refractivity contribution is 9.10. The Morgan fingerprint density at radius 2 is 2.00 bits per heavy atom. The van der Waals surface area contributed by atoms with Crippen LogP contribution >= 0.6 is 39.3 Å². The molecule has 1 aliphatic rings. The number of halogens is 2. The number of nitrogens with zero attached hydrogens (tertiary/aromatic N) is 1. The van der Waals surface area contributed by atoms with Crippen LogP contribution in [0.15, 0.2) is 56.8 Å². The van der Waals surface area contributed by atoms with E-state index >= 15 is 0 Å². The molecule has 0 bridgehead atoms. The number of nitrogens with one attached hydrogen (secondary N) is 1. The van der Waals surface area contributed by atoms with Gasteiger partial charge in [0, 0.05) is 9.50 Å². The third-order valence-corrected chi connectivity index (χ3v) is 5.35. The summed E-state index contributed by atoms with van der Waals surface area (Å²) in [4.78, 5) is 17.2. The minimum Gasteiger partial charge on any atom is -0.300 e. The number of benzene rings is 2. The predicted octanol–water partition coefficient (Wildman–Crippen LogP) is 5.30. The summed E-state index contributed by atoms with van der Waals surface area (Å²) in [5.74, 6) is -0.149. The second kappa shape index (κ2) is 6.91. The fraction of sp³-hybridized carbons (Fsp3) is 0.0588. The molecule has 0 saturated carbocycles. The lowest BCUT2D eigenvalue weighted by Gasteiger charge is -2.02. The summed E-state index contributed by atoms with van der Waals surface area (Å²) < 4.78 is 0.942. The quantitative estimate of drug-likeness (QED) is 0.686. The lowest BCUT2D eigenvalue weighted by atomic mass is 10.2. The molecule has 6 heteroatoms. The SMILES string of the molecule is Cc1c(Cl)cccc1N=C1NC(=O)/C(=C/c2ccccc2Br)S1. The molecule has 1 fully saturated rings. The van der Waals surface area contributed by atoms with Gasteiger partial charge in [-0.15, -0.1) is 0 Å². The Hall–Kier alpha value is -1.56. The second-order valence-electron chi connectivity index (χ2n) is 4.89. The largest absolute Gasteiger partial charge is 0.300 e. The summed E-state index contributed by atoms with van der Waals surface area (Å²) >= 11 is 10.9. The Kier molecular flexibility index (Phi) is 4.90. The molecule has 0 aliphatic carbocycles. The van der Waals surface area contributed by atoms with Gasteiger partial charge in [0.15, 0.2) is 5.17 Å². The molecule has 1 N–H and O–H groups in total. The van der Waals surface area contributed by atoms with E-state index in [0.29, 0.717) is 15.1 Å². The van der Waals surface area contributed by atoms with Crippen molar-refractivity contribution >= 4 is 62.1 Å². The van der Waals surface area contributed by atoms with Gasteiger partial charge in [-0.25, -0.2) is 4.99 Å². The fourth-order valence-corrected chi connectivity index (χ4v) is 3.43. The fourth-order valence-electron chi connectivity index (χ4n) is 2.04. The number of amidine groups is 1. The maximum atomic E-state index is 12.1. The van der Waals surface area contributed by atoms with Gasteiger partial charge in [0.25, 0.3) is 5.91 Å². The number of hydrogen-bond donors (Lipinski definition) is 1. The van der Waals surface area contributed by atoms with Gasteiger partial charge in [-0.3, -0.25) is 4.79 Å². The summed E-state index contributed by atoms with van der Waals surface area (Å²) in [7, 11) is 0. The number of carbonyl (C=O) groups excluding carboxylic acids is 1. The standard InChI is InChI=1S/C17H12BrClN2OS/c1-10-13(19)7-4-8-14(10)20-17-21-16(22)15(23-17)9-11-5-2-3-6-12(11)18/h2-9H,1H3,(H,20,21,22)/b15-9-.